The number of nitro benzene ring substituents is 1. The average molecular weight is 576 g/mol. The summed E-state index contributed by atoms with van der Waals surface area (Å²) in [6.45, 7) is 6.02. The summed E-state index contributed by atoms with van der Waals surface area (Å²) in [5.41, 5.74) is -1.28. The second-order valence-electron chi connectivity index (χ2n) is 9.46. The molecular formula is C25H29N5O5S3. The molecule has 13 heteroatoms. The summed E-state index contributed by atoms with van der Waals surface area (Å²) in [5, 5.41) is 26.7. The van der Waals surface area contributed by atoms with Gasteiger partial charge in [0.05, 0.1) is 14.8 Å². The Balaban J connectivity index is 1.94. The first-order valence-electron chi connectivity index (χ1n) is 11.9. The Morgan fingerprint density at radius 1 is 1.21 bits per heavy atom. The molecule has 38 heavy (non-hydrogen) atoms. The van der Waals surface area contributed by atoms with Crippen molar-refractivity contribution in [3.63, 3.8) is 0 Å². The van der Waals surface area contributed by atoms with Crippen LogP contribution in [0.3, 0.4) is 0 Å². The molecule has 1 aliphatic rings. The molecule has 4 N–H and O–H groups in total. The van der Waals surface area contributed by atoms with Gasteiger partial charge < -0.3 is 15.5 Å². The van der Waals surface area contributed by atoms with Gasteiger partial charge in [-0.3, -0.25) is 14.9 Å². The van der Waals surface area contributed by atoms with Gasteiger partial charge in [0.2, 0.25) is 15.8 Å². The molecule has 1 saturated heterocycles. The van der Waals surface area contributed by atoms with E-state index in [0.717, 1.165) is 4.21 Å². The molecule has 202 valence electrons. The molecule has 2 heterocycles. The Kier molecular flexibility index (Phi) is 8.43. The SMILES string of the molecule is CC(C)(CSc1cccs1)Nc1c(N2CCNCC2)cc(S(N)(=O)=O)c(C(=O)c2ccccc2)c1[N+](=O)[O-]. The minimum Gasteiger partial charge on any atom is -0.372 e. The van der Waals surface area contributed by atoms with Crippen molar-refractivity contribution in [2.24, 2.45) is 5.14 Å². The average Bonchev–Trinajstić information content (AvgIpc) is 3.41. The Labute approximate surface area is 229 Å². The number of sulfonamides is 1. The molecule has 0 bridgehead atoms. The standard InChI is InChI=1S/C25H29N5O5S3/c1-25(2,16-37-20-9-6-14-36-20)28-22-18(29-12-10-27-11-13-29)15-19(38(26,34)35)21(23(22)30(32)33)24(31)17-7-4-3-5-8-17/h3-9,14-15,27-28H,10-13,16H2,1-2H3,(H2,26,34,35). The molecule has 2 aromatic carbocycles. The third-order valence-electron chi connectivity index (χ3n) is 5.99. The molecule has 1 aromatic heterocycles. The van der Waals surface area contributed by atoms with Crippen molar-refractivity contribution in [2.45, 2.75) is 28.5 Å². The summed E-state index contributed by atoms with van der Waals surface area (Å²) in [7, 11) is -4.50. The first-order valence-corrected chi connectivity index (χ1v) is 15.3. The quantitative estimate of drug-likeness (QED) is 0.142. The maximum Gasteiger partial charge on any atom is 0.306 e. The normalized spacial score (nSPS) is 14.3. The van der Waals surface area contributed by atoms with Gasteiger partial charge in [0.25, 0.3) is 0 Å². The van der Waals surface area contributed by atoms with Crippen LogP contribution in [0.25, 0.3) is 0 Å². The number of piperazine rings is 1. The van der Waals surface area contributed by atoms with Crippen LogP contribution < -0.4 is 20.7 Å². The van der Waals surface area contributed by atoms with Gasteiger partial charge in [0.1, 0.15) is 16.1 Å². The van der Waals surface area contributed by atoms with E-state index in [1.165, 1.54) is 18.2 Å². The zero-order valence-electron chi connectivity index (χ0n) is 21.0. The van der Waals surface area contributed by atoms with Crippen molar-refractivity contribution >= 4 is 56.0 Å². The van der Waals surface area contributed by atoms with Crippen LogP contribution >= 0.6 is 23.1 Å². The van der Waals surface area contributed by atoms with Crippen LogP contribution in [0.4, 0.5) is 17.1 Å². The number of carbonyl (C=O) groups excluding carboxylic acids is 1. The van der Waals surface area contributed by atoms with E-state index in [1.807, 2.05) is 36.3 Å². The van der Waals surface area contributed by atoms with Crippen LogP contribution in [0.2, 0.25) is 0 Å². The van der Waals surface area contributed by atoms with Gasteiger partial charge in [-0.05, 0) is 31.4 Å². The molecule has 1 fully saturated rings. The molecule has 0 saturated carbocycles. The highest BCUT2D eigenvalue weighted by atomic mass is 32.2. The number of hydrogen-bond donors (Lipinski definition) is 3. The summed E-state index contributed by atoms with van der Waals surface area (Å²) >= 11 is 3.20. The van der Waals surface area contributed by atoms with Gasteiger partial charge in [-0.2, -0.15) is 0 Å². The second-order valence-corrected chi connectivity index (χ2v) is 13.2. The Bertz CT molecular complexity index is 1420. The second kappa shape index (κ2) is 11.4. The smallest absolute Gasteiger partial charge is 0.306 e. The van der Waals surface area contributed by atoms with Gasteiger partial charge >= 0.3 is 5.69 Å². The third kappa shape index (κ3) is 6.35. The molecule has 0 amide bonds. The van der Waals surface area contributed by atoms with Crippen molar-refractivity contribution in [1.29, 1.82) is 0 Å². The van der Waals surface area contributed by atoms with E-state index in [9.17, 15) is 23.3 Å². The van der Waals surface area contributed by atoms with Crippen LogP contribution in [-0.4, -0.2) is 56.6 Å². The summed E-state index contributed by atoms with van der Waals surface area (Å²) < 4.78 is 26.7. The zero-order valence-corrected chi connectivity index (χ0v) is 23.4. The molecule has 0 spiro atoms. The van der Waals surface area contributed by atoms with Gasteiger partial charge in [-0.25, -0.2) is 13.6 Å². The highest BCUT2D eigenvalue weighted by molar-refractivity contribution is 8.01. The molecule has 0 aliphatic carbocycles. The molecule has 0 atom stereocenters. The van der Waals surface area contributed by atoms with E-state index in [-0.39, 0.29) is 11.3 Å². The van der Waals surface area contributed by atoms with Gasteiger partial charge in [-0.1, -0.05) is 36.4 Å². The first kappa shape index (κ1) is 28.0. The van der Waals surface area contributed by atoms with Crippen molar-refractivity contribution in [3.8, 4) is 0 Å². The number of carbonyl (C=O) groups is 1. The van der Waals surface area contributed by atoms with E-state index in [1.54, 1.807) is 41.3 Å². The van der Waals surface area contributed by atoms with E-state index in [2.05, 4.69) is 10.6 Å². The third-order valence-corrected chi connectivity index (χ3v) is 9.51. The topological polar surface area (TPSA) is 148 Å². The minimum absolute atomic E-state index is 0.0976. The van der Waals surface area contributed by atoms with Crippen molar-refractivity contribution in [1.82, 2.24) is 5.32 Å². The number of nitrogens with one attached hydrogen (secondary N) is 2. The molecule has 3 aromatic rings. The number of primary sulfonamides is 1. The fourth-order valence-electron chi connectivity index (χ4n) is 4.24. The van der Waals surface area contributed by atoms with E-state index in [0.29, 0.717) is 37.6 Å². The number of hydrogen-bond acceptors (Lipinski definition) is 10. The summed E-state index contributed by atoms with van der Waals surface area (Å²) in [6, 6.07) is 13.1. The van der Waals surface area contributed by atoms with Gasteiger partial charge in [0.15, 0.2) is 0 Å². The lowest BCUT2D eigenvalue weighted by molar-refractivity contribution is -0.384. The molecule has 1 aliphatic heterocycles. The lowest BCUT2D eigenvalue weighted by atomic mass is 9.98. The number of benzene rings is 2. The van der Waals surface area contributed by atoms with E-state index >= 15 is 0 Å². The number of anilines is 2. The Morgan fingerprint density at radius 2 is 1.89 bits per heavy atom. The number of thiophene rings is 1. The molecular weight excluding hydrogens is 547 g/mol. The Hall–Kier alpha value is -2.97. The lowest BCUT2D eigenvalue weighted by Crippen LogP contribution is -2.44. The fourth-order valence-corrected chi connectivity index (χ4v) is 6.81. The number of nitro groups is 1. The summed E-state index contributed by atoms with van der Waals surface area (Å²) in [4.78, 5) is 26.9. The predicted molar refractivity (Wildman–Crippen MR) is 152 cm³/mol. The molecule has 0 radical (unpaired) electrons. The lowest BCUT2D eigenvalue weighted by Gasteiger charge is -2.34. The van der Waals surface area contributed by atoms with Gasteiger partial charge in [-0.15, -0.1) is 23.1 Å². The number of rotatable bonds is 10. The van der Waals surface area contributed by atoms with Crippen LogP contribution in [0, 0.1) is 10.1 Å². The van der Waals surface area contributed by atoms with Crippen molar-refractivity contribution in [3.05, 3.63) is 75.2 Å². The van der Waals surface area contributed by atoms with E-state index < -0.39 is 42.4 Å². The number of thioether (sulfide) groups is 1. The number of nitrogens with two attached hydrogens (primary N) is 1. The first-order chi connectivity index (χ1) is 18.0. The maximum atomic E-state index is 13.6. The maximum absolute atomic E-state index is 13.6. The zero-order chi connectivity index (χ0) is 27.5. The summed E-state index contributed by atoms with van der Waals surface area (Å²) in [6.07, 6.45) is 0. The molecule has 0 unspecified atom stereocenters. The van der Waals surface area contributed by atoms with Crippen LogP contribution in [0.1, 0.15) is 29.8 Å². The minimum atomic E-state index is -4.50. The van der Waals surface area contributed by atoms with Crippen LogP contribution in [0.5, 0.6) is 0 Å². The number of nitrogens with zero attached hydrogens (tertiary/aromatic N) is 2. The molecule has 10 nitrogen and oxygen atoms in total. The number of ketones is 1. The highest BCUT2D eigenvalue weighted by Crippen LogP contribution is 2.44. The van der Waals surface area contributed by atoms with E-state index in [4.69, 9.17) is 5.14 Å². The highest BCUT2D eigenvalue weighted by Gasteiger charge is 2.38. The summed E-state index contributed by atoms with van der Waals surface area (Å²) in [5.74, 6) is -0.230. The van der Waals surface area contributed by atoms with Crippen molar-refractivity contribution in [2.75, 3.05) is 42.1 Å². The van der Waals surface area contributed by atoms with Crippen LogP contribution in [-0.2, 0) is 10.0 Å². The van der Waals surface area contributed by atoms with Crippen molar-refractivity contribution < 1.29 is 18.1 Å². The van der Waals surface area contributed by atoms with Crippen LogP contribution in [0.15, 0.2) is 63.0 Å². The van der Waals surface area contributed by atoms with Gasteiger partial charge in [0, 0.05) is 43.0 Å². The fraction of sp³-hybridized carbons (Fsp3) is 0.320. The molecule has 4 rings (SSSR count). The monoisotopic (exact) mass is 575 g/mol. The largest absolute Gasteiger partial charge is 0.372 e. The predicted octanol–water partition coefficient (Wildman–Crippen LogP) is 3.93. The Morgan fingerprint density at radius 3 is 2.47 bits per heavy atom.